The number of nitrogens with zero attached hydrogens (tertiary/aromatic N) is 2. The fourth-order valence-corrected chi connectivity index (χ4v) is 4.13. The van der Waals surface area contributed by atoms with Gasteiger partial charge in [-0.15, -0.1) is 0 Å². The van der Waals surface area contributed by atoms with E-state index >= 15 is 0 Å². The van der Waals surface area contributed by atoms with Crippen molar-refractivity contribution in [2.45, 2.75) is 18.5 Å². The summed E-state index contributed by atoms with van der Waals surface area (Å²) in [6, 6.07) is 12.4. The third-order valence-electron chi connectivity index (χ3n) is 5.86. The first-order chi connectivity index (χ1) is 15.1. The normalized spacial score (nSPS) is 21.6. The highest BCUT2D eigenvalue weighted by Gasteiger charge is 2.45. The number of benzene rings is 2. The summed E-state index contributed by atoms with van der Waals surface area (Å²) in [6.45, 7) is 2.66. The van der Waals surface area contributed by atoms with Crippen molar-refractivity contribution in [3.05, 3.63) is 59.4 Å². The summed E-state index contributed by atoms with van der Waals surface area (Å²) >= 11 is 0. The summed E-state index contributed by atoms with van der Waals surface area (Å²) in [7, 11) is 3.05. The minimum absolute atomic E-state index is 0.120. The number of likely N-dealkylation sites (tertiary alicyclic amines) is 1. The van der Waals surface area contributed by atoms with Gasteiger partial charge in [0.15, 0.2) is 11.6 Å². The maximum Gasteiger partial charge on any atom is 0.254 e. The molecule has 0 radical (unpaired) electrons. The number of anilines is 1. The van der Waals surface area contributed by atoms with E-state index < -0.39 is 11.4 Å². The monoisotopic (exact) mass is 426 g/mol. The highest BCUT2D eigenvalue weighted by molar-refractivity contribution is 6.05. The van der Waals surface area contributed by atoms with Crippen LogP contribution in [0.5, 0.6) is 5.75 Å². The van der Waals surface area contributed by atoms with Gasteiger partial charge in [0.2, 0.25) is 0 Å². The summed E-state index contributed by atoms with van der Waals surface area (Å²) in [4.78, 5) is 19.6. The average molecular weight is 426 g/mol. The third kappa shape index (κ3) is 4.26. The Kier molecular flexibility index (Phi) is 6.20. The Labute approximate surface area is 181 Å². The summed E-state index contributed by atoms with van der Waals surface area (Å²) in [6.07, 6.45) is 0.699. The van der Waals surface area contributed by atoms with E-state index in [2.05, 4.69) is 16.7 Å². The minimum Gasteiger partial charge on any atom is -0.494 e. The van der Waals surface area contributed by atoms with Gasteiger partial charge in [-0.25, -0.2) is 4.39 Å². The van der Waals surface area contributed by atoms with Crippen molar-refractivity contribution in [1.82, 2.24) is 10.2 Å². The van der Waals surface area contributed by atoms with Crippen LogP contribution in [0.2, 0.25) is 0 Å². The Bertz CT molecular complexity index is 997. The number of rotatable bonds is 5. The molecule has 1 spiro atoms. The fraction of sp³-hybridized carbons (Fsp3) is 0.391. The molecule has 1 fully saturated rings. The number of carbonyl (C=O) groups excluding carboxylic acids is 1. The number of carbonyl (C=O) groups is 1. The Morgan fingerprint density at radius 2 is 2.10 bits per heavy atom. The van der Waals surface area contributed by atoms with Gasteiger partial charge in [0.05, 0.1) is 25.8 Å². The number of amidine groups is 1. The minimum atomic E-state index is -0.547. The Hall–Kier alpha value is -2.97. The van der Waals surface area contributed by atoms with E-state index in [1.165, 1.54) is 19.2 Å². The molecule has 1 unspecified atom stereocenters. The van der Waals surface area contributed by atoms with Gasteiger partial charge in [0.25, 0.3) is 5.91 Å². The van der Waals surface area contributed by atoms with E-state index in [1.807, 2.05) is 18.2 Å². The first-order valence-corrected chi connectivity index (χ1v) is 10.3. The van der Waals surface area contributed by atoms with Gasteiger partial charge in [-0.1, -0.05) is 18.2 Å². The number of aliphatic imine (C=N–C) groups is 1. The first-order valence-electron chi connectivity index (χ1n) is 10.3. The predicted molar refractivity (Wildman–Crippen MR) is 117 cm³/mol. The molecule has 2 aliphatic heterocycles. The SMILES string of the molecule is COCCN=C1Nc2ccccc2CNC12CCN(C(=O)c1ccc(OC)c(F)c1)C2. The van der Waals surface area contributed by atoms with E-state index in [0.717, 1.165) is 17.1 Å². The van der Waals surface area contributed by atoms with Gasteiger partial charge in [-0.3, -0.25) is 15.1 Å². The molecule has 0 saturated carbocycles. The lowest BCUT2D eigenvalue weighted by Gasteiger charge is -2.30. The van der Waals surface area contributed by atoms with Crippen LogP contribution in [0.3, 0.4) is 0 Å². The second-order valence-corrected chi connectivity index (χ2v) is 7.77. The van der Waals surface area contributed by atoms with Gasteiger partial charge in [0, 0.05) is 38.0 Å². The molecular weight excluding hydrogens is 399 g/mol. The third-order valence-corrected chi connectivity index (χ3v) is 5.86. The van der Waals surface area contributed by atoms with Crippen LogP contribution in [0.1, 0.15) is 22.3 Å². The highest BCUT2D eigenvalue weighted by atomic mass is 19.1. The number of hydrogen-bond acceptors (Lipinski definition) is 5. The first kappa shape index (κ1) is 21.3. The summed E-state index contributed by atoms with van der Waals surface area (Å²) in [5, 5.41) is 7.13. The molecule has 31 heavy (non-hydrogen) atoms. The lowest BCUT2D eigenvalue weighted by molar-refractivity contribution is 0.0785. The van der Waals surface area contributed by atoms with Crippen LogP contribution in [-0.4, -0.2) is 62.6 Å². The lowest BCUT2D eigenvalue weighted by Crippen LogP contribution is -2.55. The van der Waals surface area contributed by atoms with E-state index in [-0.39, 0.29) is 11.7 Å². The number of ether oxygens (including phenoxy) is 2. The van der Waals surface area contributed by atoms with Crippen LogP contribution in [0.4, 0.5) is 10.1 Å². The fourth-order valence-electron chi connectivity index (χ4n) is 4.13. The predicted octanol–water partition coefficient (Wildman–Crippen LogP) is 2.68. The molecule has 2 heterocycles. The standard InChI is InChI=1S/C23H27FN4O3/c1-30-12-10-25-22-23(26-14-17-5-3-4-6-19(17)27-22)9-11-28(15-23)21(29)16-7-8-20(31-2)18(24)13-16/h3-8,13,26H,9-12,14-15H2,1-2H3,(H,25,27). The van der Waals surface area contributed by atoms with E-state index in [4.69, 9.17) is 14.5 Å². The van der Waals surface area contributed by atoms with Gasteiger partial charge in [-0.2, -0.15) is 0 Å². The highest BCUT2D eigenvalue weighted by Crippen LogP contribution is 2.30. The molecule has 2 N–H and O–H groups in total. The van der Waals surface area contributed by atoms with Gasteiger partial charge in [0.1, 0.15) is 5.84 Å². The maximum atomic E-state index is 14.1. The molecule has 8 heteroatoms. The number of fused-ring (bicyclic) bond motifs is 1. The smallest absolute Gasteiger partial charge is 0.254 e. The zero-order valence-corrected chi connectivity index (χ0v) is 17.8. The zero-order chi connectivity index (χ0) is 21.8. The molecule has 4 rings (SSSR count). The maximum absolute atomic E-state index is 14.1. The van der Waals surface area contributed by atoms with E-state index in [1.54, 1.807) is 18.1 Å². The van der Waals surface area contributed by atoms with Crippen LogP contribution in [0.15, 0.2) is 47.5 Å². The number of halogens is 1. The van der Waals surface area contributed by atoms with Crippen molar-refractivity contribution in [1.29, 1.82) is 0 Å². The van der Waals surface area contributed by atoms with Crippen LogP contribution >= 0.6 is 0 Å². The quantitative estimate of drug-likeness (QED) is 0.719. The molecule has 1 atom stereocenters. The van der Waals surface area contributed by atoms with E-state index in [0.29, 0.717) is 44.8 Å². The van der Waals surface area contributed by atoms with Crippen LogP contribution in [-0.2, 0) is 11.3 Å². The molecule has 2 aliphatic rings. The van der Waals surface area contributed by atoms with Crippen molar-refractivity contribution in [2.24, 2.45) is 4.99 Å². The van der Waals surface area contributed by atoms with Gasteiger partial charge >= 0.3 is 0 Å². The molecular formula is C23H27FN4O3. The van der Waals surface area contributed by atoms with Crippen molar-refractivity contribution >= 4 is 17.4 Å². The lowest BCUT2D eigenvalue weighted by atomic mass is 9.96. The Morgan fingerprint density at radius 3 is 2.87 bits per heavy atom. The van der Waals surface area contributed by atoms with Crippen molar-refractivity contribution < 1.29 is 18.7 Å². The van der Waals surface area contributed by atoms with Gasteiger partial charge < -0.3 is 19.7 Å². The van der Waals surface area contributed by atoms with Crippen molar-refractivity contribution in [3.8, 4) is 5.75 Å². The summed E-state index contributed by atoms with van der Waals surface area (Å²) in [5.74, 6) is 0.159. The van der Waals surface area contributed by atoms with E-state index in [9.17, 15) is 9.18 Å². The summed E-state index contributed by atoms with van der Waals surface area (Å²) < 4.78 is 24.3. The van der Waals surface area contributed by atoms with Gasteiger partial charge in [-0.05, 0) is 36.2 Å². The molecule has 0 aromatic heterocycles. The number of methoxy groups -OCH3 is 2. The molecule has 0 bridgehead atoms. The number of amides is 1. The molecule has 2 aromatic carbocycles. The molecule has 1 amide bonds. The summed E-state index contributed by atoms with van der Waals surface area (Å²) in [5.41, 5.74) is 1.94. The topological polar surface area (TPSA) is 75.2 Å². The van der Waals surface area contributed by atoms with Crippen molar-refractivity contribution in [2.75, 3.05) is 45.8 Å². The number of nitrogens with one attached hydrogen (secondary N) is 2. The molecule has 0 aliphatic carbocycles. The number of hydrogen-bond donors (Lipinski definition) is 2. The second kappa shape index (κ2) is 9.03. The average Bonchev–Trinajstić information content (AvgIpc) is 3.16. The largest absolute Gasteiger partial charge is 0.494 e. The second-order valence-electron chi connectivity index (χ2n) is 7.77. The molecule has 164 valence electrons. The number of para-hydroxylation sites is 1. The Morgan fingerprint density at radius 1 is 1.26 bits per heavy atom. The Balaban J connectivity index is 1.59. The van der Waals surface area contributed by atoms with Crippen LogP contribution in [0, 0.1) is 5.82 Å². The van der Waals surface area contributed by atoms with Crippen LogP contribution in [0.25, 0.3) is 0 Å². The molecule has 2 aromatic rings. The molecule has 1 saturated heterocycles. The van der Waals surface area contributed by atoms with Crippen molar-refractivity contribution in [3.63, 3.8) is 0 Å². The zero-order valence-electron chi connectivity index (χ0n) is 17.8. The molecule has 7 nitrogen and oxygen atoms in total. The van der Waals surface area contributed by atoms with Crippen LogP contribution < -0.4 is 15.4 Å².